The molecule has 1 amide bonds. The van der Waals surface area contributed by atoms with Gasteiger partial charge in [-0.25, -0.2) is 13.2 Å². The fourth-order valence-electron chi connectivity index (χ4n) is 2.41. The first-order chi connectivity index (χ1) is 12.9. The zero-order valence-electron chi connectivity index (χ0n) is 15.8. The number of amides is 1. The summed E-state index contributed by atoms with van der Waals surface area (Å²) in [7, 11) is 0. The average molecular weight is 414 g/mol. The van der Waals surface area contributed by atoms with Crippen molar-refractivity contribution in [3.8, 4) is 0 Å². The standard InChI is InChI=1S/C20H19ClF3NO3/c1-11-5-6-13(9-14(11)21)25(10-17(26)28-20(2,3)4)19(27)18-15(23)7-12(22)8-16(18)24/h5-9H,10H2,1-4H3. The van der Waals surface area contributed by atoms with Gasteiger partial charge in [-0.05, 0) is 45.4 Å². The molecule has 0 aliphatic rings. The Hall–Kier alpha value is -2.54. The Labute approximate surface area is 165 Å². The van der Waals surface area contributed by atoms with Gasteiger partial charge in [0.1, 0.15) is 35.2 Å². The Morgan fingerprint density at radius 3 is 2.14 bits per heavy atom. The molecule has 0 aliphatic heterocycles. The van der Waals surface area contributed by atoms with Crippen molar-refractivity contribution in [3.63, 3.8) is 0 Å². The largest absolute Gasteiger partial charge is 0.459 e. The van der Waals surface area contributed by atoms with Crippen LogP contribution in [0.5, 0.6) is 0 Å². The Morgan fingerprint density at radius 1 is 1.07 bits per heavy atom. The molecule has 0 unspecified atom stereocenters. The molecule has 2 rings (SSSR count). The number of nitrogens with zero attached hydrogens (tertiary/aromatic N) is 1. The van der Waals surface area contributed by atoms with Gasteiger partial charge in [0.05, 0.1) is 0 Å². The number of carbonyl (C=O) groups is 2. The van der Waals surface area contributed by atoms with E-state index in [1.165, 1.54) is 12.1 Å². The molecule has 0 atom stereocenters. The normalized spacial score (nSPS) is 11.3. The molecule has 0 spiro atoms. The SMILES string of the molecule is Cc1ccc(N(CC(=O)OC(C)(C)C)C(=O)c2c(F)cc(F)cc2F)cc1Cl. The fourth-order valence-corrected chi connectivity index (χ4v) is 2.59. The van der Waals surface area contributed by atoms with E-state index in [2.05, 4.69) is 0 Å². The minimum atomic E-state index is -1.38. The minimum absolute atomic E-state index is 0.134. The van der Waals surface area contributed by atoms with E-state index in [1.807, 2.05) is 0 Å². The van der Waals surface area contributed by atoms with Crippen LogP contribution in [-0.2, 0) is 9.53 Å². The molecule has 28 heavy (non-hydrogen) atoms. The summed E-state index contributed by atoms with van der Waals surface area (Å²) in [5.41, 5.74) is -0.978. The molecule has 0 aliphatic carbocycles. The van der Waals surface area contributed by atoms with Gasteiger partial charge in [-0.1, -0.05) is 17.7 Å². The minimum Gasteiger partial charge on any atom is -0.459 e. The predicted octanol–water partition coefficient (Wildman–Crippen LogP) is 5.05. The molecular weight excluding hydrogens is 395 g/mol. The maximum absolute atomic E-state index is 14.1. The number of esters is 1. The maximum Gasteiger partial charge on any atom is 0.326 e. The van der Waals surface area contributed by atoms with E-state index in [1.54, 1.807) is 33.8 Å². The number of aryl methyl sites for hydroxylation is 1. The monoisotopic (exact) mass is 413 g/mol. The summed E-state index contributed by atoms with van der Waals surface area (Å²) in [4.78, 5) is 26.0. The second-order valence-corrected chi connectivity index (χ2v) is 7.56. The van der Waals surface area contributed by atoms with Crippen LogP contribution in [0.4, 0.5) is 18.9 Å². The Kier molecular flexibility index (Phi) is 6.39. The lowest BCUT2D eigenvalue weighted by Gasteiger charge is -2.26. The number of benzene rings is 2. The molecule has 0 N–H and O–H groups in total. The first kappa shape index (κ1) is 21.8. The van der Waals surface area contributed by atoms with E-state index >= 15 is 0 Å². The molecular formula is C20H19ClF3NO3. The van der Waals surface area contributed by atoms with Crippen molar-refractivity contribution >= 4 is 29.2 Å². The molecule has 8 heteroatoms. The zero-order valence-corrected chi connectivity index (χ0v) is 16.5. The molecule has 150 valence electrons. The molecule has 2 aromatic carbocycles. The number of carbonyl (C=O) groups excluding carboxylic acids is 2. The van der Waals surface area contributed by atoms with Crippen LogP contribution >= 0.6 is 11.6 Å². The van der Waals surface area contributed by atoms with Gasteiger partial charge in [0.25, 0.3) is 5.91 Å². The van der Waals surface area contributed by atoms with Crippen LogP contribution in [0.2, 0.25) is 5.02 Å². The second-order valence-electron chi connectivity index (χ2n) is 7.16. The van der Waals surface area contributed by atoms with Crippen molar-refractivity contribution < 1.29 is 27.5 Å². The number of rotatable bonds is 4. The molecule has 2 aromatic rings. The predicted molar refractivity (Wildman–Crippen MR) is 100 cm³/mol. The Balaban J connectivity index is 2.50. The van der Waals surface area contributed by atoms with Crippen LogP contribution in [-0.4, -0.2) is 24.0 Å². The lowest BCUT2D eigenvalue weighted by atomic mass is 10.1. The summed E-state index contributed by atoms with van der Waals surface area (Å²) in [6.07, 6.45) is 0. The van der Waals surface area contributed by atoms with E-state index in [0.717, 1.165) is 4.90 Å². The topological polar surface area (TPSA) is 46.6 Å². The van der Waals surface area contributed by atoms with Crippen LogP contribution in [0, 0.1) is 24.4 Å². The molecule has 0 heterocycles. The molecule has 0 saturated carbocycles. The van der Waals surface area contributed by atoms with E-state index in [-0.39, 0.29) is 5.69 Å². The van der Waals surface area contributed by atoms with E-state index < -0.39 is 47.0 Å². The van der Waals surface area contributed by atoms with Crippen LogP contribution in [0.25, 0.3) is 0 Å². The number of hydrogen-bond donors (Lipinski definition) is 0. The van der Waals surface area contributed by atoms with Gasteiger partial charge in [-0.2, -0.15) is 0 Å². The van der Waals surface area contributed by atoms with Gasteiger partial charge in [0.15, 0.2) is 0 Å². The Morgan fingerprint density at radius 2 is 1.64 bits per heavy atom. The van der Waals surface area contributed by atoms with Crippen molar-refractivity contribution in [1.29, 1.82) is 0 Å². The first-order valence-corrected chi connectivity index (χ1v) is 8.71. The summed E-state index contributed by atoms with van der Waals surface area (Å²) in [6.45, 7) is 6.02. The van der Waals surface area contributed by atoms with E-state index in [9.17, 15) is 22.8 Å². The third-order valence-corrected chi connectivity index (χ3v) is 4.05. The summed E-state index contributed by atoms with van der Waals surface area (Å²) < 4.78 is 46.6. The second kappa shape index (κ2) is 8.22. The summed E-state index contributed by atoms with van der Waals surface area (Å²) in [6, 6.07) is 5.24. The van der Waals surface area contributed by atoms with Gasteiger partial charge in [-0.15, -0.1) is 0 Å². The van der Waals surface area contributed by atoms with Crippen LogP contribution < -0.4 is 4.90 Å². The van der Waals surface area contributed by atoms with Crippen molar-refractivity contribution in [2.75, 3.05) is 11.4 Å². The first-order valence-electron chi connectivity index (χ1n) is 8.33. The van der Waals surface area contributed by atoms with Crippen LogP contribution in [0.3, 0.4) is 0 Å². The third-order valence-electron chi connectivity index (χ3n) is 3.64. The smallest absolute Gasteiger partial charge is 0.326 e. The Bertz CT molecular complexity index is 902. The van der Waals surface area contributed by atoms with Gasteiger partial charge in [0, 0.05) is 22.8 Å². The fraction of sp³-hybridized carbons (Fsp3) is 0.300. The van der Waals surface area contributed by atoms with E-state index in [0.29, 0.717) is 22.7 Å². The van der Waals surface area contributed by atoms with E-state index in [4.69, 9.17) is 16.3 Å². The van der Waals surface area contributed by atoms with Gasteiger partial charge >= 0.3 is 5.97 Å². The lowest BCUT2D eigenvalue weighted by molar-refractivity contribution is -0.152. The summed E-state index contributed by atoms with van der Waals surface area (Å²) in [5.74, 6) is -5.88. The van der Waals surface area contributed by atoms with Crippen molar-refractivity contribution in [1.82, 2.24) is 0 Å². The van der Waals surface area contributed by atoms with Gasteiger partial charge < -0.3 is 4.74 Å². The highest BCUT2D eigenvalue weighted by Crippen LogP contribution is 2.26. The highest BCUT2D eigenvalue weighted by molar-refractivity contribution is 6.31. The molecule has 0 radical (unpaired) electrons. The zero-order chi connectivity index (χ0) is 21.2. The number of halogens is 4. The average Bonchev–Trinajstić information content (AvgIpc) is 2.52. The maximum atomic E-state index is 14.1. The third kappa shape index (κ3) is 5.25. The lowest BCUT2D eigenvalue weighted by Crippen LogP contribution is -2.39. The summed E-state index contributed by atoms with van der Waals surface area (Å²) in [5, 5.41) is 0.291. The molecule has 0 aromatic heterocycles. The molecule has 4 nitrogen and oxygen atoms in total. The van der Waals surface area contributed by atoms with Crippen molar-refractivity contribution in [3.05, 3.63) is 63.9 Å². The highest BCUT2D eigenvalue weighted by Gasteiger charge is 2.29. The highest BCUT2D eigenvalue weighted by atomic mass is 35.5. The van der Waals surface area contributed by atoms with Crippen molar-refractivity contribution in [2.24, 2.45) is 0 Å². The van der Waals surface area contributed by atoms with Crippen molar-refractivity contribution in [2.45, 2.75) is 33.3 Å². The number of hydrogen-bond acceptors (Lipinski definition) is 3. The number of ether oxygens (including phenoxy) is 1. The van der Waals surface area contributed by atoms with Crippen LogP contribution in [0.1, 0.15) is 36.7 Å². The molecule has 0 bridgehead atoms. The quantitative estimate of drug-likeness (QED) is 0.658. The molecule has 0 fully saturated rings. The molecule has 0 saturated heterocycles. The van der Waals surface area contributed by atoms with Gasteiger partial charge in [0.2, 0.25) is 0 Å². The van der Waals surface area contributed by atoms with Gasteiger partial charge in [-0.3, -0.25) is 14.5 Å². The van der Waals surface area contributed by atoms with Crippen LogP contribution in [0.15, 0.2) is 30.3 Å². The summed E-state index contributed by atoms with van der Waals surface area (Å²) >= 11 is 6.08. The number of anilines is 1.